The van der Waals surface area contributed by atoms with Gasteiger partial charge >= 0.3 is 12.1 Å². The number of nitrogens with zero attached hydrogens (tertiary/aromatic N) is 5. The third kappa shape index (κ3) is 6.99. The maximum Gasteiger partial charge on any atom is 0.417 e. The van der Waals surface area contributed by atoms with Gasteiger partial charge in [0.2, 0.25) is 5.91 Å². The summed E-state index contributed by atoms with van der Waals surface area (Å²) in [6.45, 7) is -0.247. The van der Waals surface area contributed by atoms with Crippen molar-refractivity contribution in [3.63, 3.8) is 0 Å². The van der Waals surface area contributed by atoms with Gasteiger partial charge in [0.15, 0.2) is 29.3 Å². The van der Waals surface area contributed by atoms with Crippen LogP contribution in [0.25, 0.3) is 11.2 Å². The number of nitrogens with one attached hydrogen (secondary N) is 1. The van der Waals surface area contributed by atoms with Crippen LogP contribution in [0.2, 0.25) is 0 Å². The number of fused-ring (bicyclic) bond motifs is 1. The zero-order valence-electron chi connectivity index (χ0n) is 25.8. The molecule has 3 aromatic carbocycles. The number of carbonyl (C=O) groups excluding carboxylic acids is 3. The standard InChI is InChI=1S/C34H31N7O8/c35-23(16-20-10-4-1-5-11-20)31(44)41(34(47)48-17-21-12-6-2-7-13-21)25-26(42)32(49-27(25)33(45)46)40-19-38-24-28(36-18-37-29(24)40)39-30(43)22-14-8-3-9-15-22/h1-15,18-19,23,25-27,32,42H,16-17,35H2,(H,45,46)(H,36,37,39,43)/t23-,25+,26-,27+,32-/m1/s1. The van der Waals surface area contributed by atoms with E-state index in [9.17, 15) is 29.4 Å². The number of carboxylic acids is 1. The molecule has 1 saturated heterocycles. The molecule has 49 heavy (non-hydrogen) atoms. The number of carboxylic acid groups (broad SMARTS) is 1. The van der Waals surface area contributed by atoms with Crippen LogP contribution < -0.4 is 11.1 Å². The number of rotatable bonds is 10. The van der Waals surface area contributed by atoms with Crippen molar-refractivity contribution >= 4 is 40.9 Å². The highest BCUT2D eigenvalue weighted by molar-refractivity contribution is 6.06. The Morgan fingerprint density at radius 1 is 0.918 bits per heavy atom. The average molecular weight is 666 g/mol. The lowest BCUT2D eigenvalue weighted by atomic mass is 10.0. The molecule has 0 aliphatic carbocycles. The van der Waals surface area contributed by atoms with E-state index in [1.54, 1.807) is 91.0 Å². The fraction of sp³-hybridized carbons (Fsp3) is 0.206. The first-order valence-electron chi connectivity index (χ1n) is 15.2. The van der Waals surface area contributed by atoms with Crippen molar-refractivity contribution in [1.82, 2.24) is 24.4 Å². The van der Waals surface area contributed by atoms with Gasteiger partial charge in [0, 0.05) is 5.56 Å². The van der Waals surface area contributed by atoms with E-state index in [1.807, 2.05) is 0 Å². The Bertz CT molecular complexity index is 1960. The molecule has 15 heteroatoms. The number of hydrogen-bond acceptors (Lipinski definition) is 11. The number of aromatic nitrogens is 4. The summed E-state index contributed by atoms with van der Waals surface area (Å²) in [5, 5.41) is 24.6. The smallest absolute Gasteiger partial charge is 0.417 e. The number of aliphatic hydroxyl groups is 1. The normalized spacial score (nSPS) is 19.2. The van der Waals surface area contributed by atoms with Gasteiger partial charge in [-0.2, -0.15) is 0 Å². The van der Waals surface area contributed by atoms with Crippen molar-refractivity contribution in [2.75, 3.05) is 5.32 Å². The van der Waals surface area contributed by atoms with Crippen molar-refractivity contribution in [2.45, 2.75) is 43.5 Å². The van der Waals surface area contributed by atoms with E-state index >= 15 is 0 Å². The third-order valence-electron chi connectivity index (χ3n) is 7.94. The predicted octanol–water partition coefficient (Wildman–Crippen LogP) is 2.53. The molecule has 1 aliphatic heterocycles. The maximum atomic E-state index is 13.9. The molecule has 3 heterocycles. The number of aliphatic hydroxyl groups excluding tert-OH is 1. The number of nitrogens with two attached hydrogens (primary N) is 1. The van der Waals surface area contributed by atoms with E-state index in [2.05, 4.69) is 20.3 Å². The van der Waals surface area contributed by atoms with Crippen molar-refractivity contribution in [1.29, 1.82) is 0 Å². The van der Waals surface area contributed by atoms with Crippen molar-refractivity contribution in [2.24, 2.45) is 5.73 Å². The van der Waals surface area contributed by atoms with Gasteiger partial charge in [-0.15, -0.1) is 0 Å². The van der Waals surface area contributed by atoms with Crippen molar-refractivity contribution in [3.05, 3.63) is 120 Å². The van der Waals surface area contributed by atoms with Gasteiger partial charge in [-0.3, -0.25) is 14.2 Å². The van der Waals surface area contributed by atoms with Crippen LogP contribution in [0, 0.1) is 0 Å². The second-order valence-electron chi connectivity index (χ2n) is 11.2. The molecule has 3 amide bonds. The molecule has 0 radical (unpaired) electrons. The lowest BCUT2D eigenvalue weighted by Crippen LogP contribution is -2.59. The van der Waals surface area contributed by atoms with Gasteiger partial charge in [0.1, 0.15) is 25.1 Å². The zero-order chi connectivity index (χ0) is 34.5. The molecule has 0 unspecified atom stereocenters. The van der Waals surface area contributed by atoms with Gasteiger partial charge in [0.25, 0.3) is 5.91 Å². The maximum absolute atomic E-state index is 13.9. The molecule has 1 fully saturated rings. The Morgan fingerprint density at radius 3 is 2.20 bits per heavy atom. The Labute approximate surface area is 278 Å². The van der Waals surface area contributed by atoms with Gasteiger partial charge in [-0.05, 0) is 29.7 Å². The van der Waals surface area contributed by atoms with E-state index < -0.39 is 54.4 Å². The SMILES string of the molecule is N[C@H](Cc1ccccc1)C(=O)N(C(=O)OCc1ccccc1)[C@H]1[C@@H](O)[C@H](n2cnc3c(NC(=O)c4ccccc4)ncnc32)O[C@@H]1C(=O)O. The fourth-order valence-electron chi connectivity index (χ4n) is 5.56. The van der Waals surface area contributed by atoms with E-state index in [0.717, 1.165) is 6.33 Å². The first kappa shape index (κ1) is 32.9. The topological polar surface area (TPSA) is 212 Å². The van der Waals surface area contributed by atoms with Crippen LogP contribution in [0.15, 0.2) is 104 Å². The van der Waals surface area contributed by atoms with Crippen molar-refractivity contribution in [3.8, 4) is 0 Å². The summed E-state index contributed by atoms with van der Waals surface area (Å²) in [6.07, 6.45) is -4.09. The molecule has 1 aliphatic rings. The summed E-state index contributed by atoms with van der Waals surface area (Å²) in [7, 11) is 0. The summed E-state index contributed by atoms with van der Waals surface area (Å²) in [5.74, 6) is -2.96. The minimum absolute atomic E-state index is 0.00747. The molecule has 0 saturated carbocycles. The lowest BCUT2D eigenvalue weighted by Gasteiger charge is -2.31. The molecule has 250 valence electrons. The molecule has 6 rings (SSSR count). The number of benzene rings is 3. The molecular weight excluding hydrogens is 634 g/mol. The molecule has 0 spiro atoms. The molecule has 15 nitrogen and oxygen atoms in total. The summed E-state index contributed by atoms with van der Waals surface area (Å²) < 4.78 is 12.5. The first-order chi connectivity index (χ1) is 23.7. The minimum Gasteiger partial charge on any atom is -0.479 e. The summed E-state index contributed by atoms with van der Waals surface area (Å²) >= 11 is 0. The minimum atomic E-state index is -1.91. The van der Waals surface area contributed by atoms with Crippen LogP contribution in [0.4, 0.5) is 10.6 Å². The fourth-order valence-corrected chi connectivity index (χ4v) is 5.56. The molecular formula is C34H31N7O8. The number of amides is 3. The van der Waals surface area contributed by atoms with Gasteiger partial charge < -0.3 is 30.7 Å². The van der Waals surface area contributed by atoms with Crippen LogP contribution in [-0.4, -0.2) is 82.8 Å². The van der Waals surface area contributed by atoms with Gasteiger partial charge in [-0.1, -0.05) is 78.9 Å². The summed E-state index contributed by atoms with van der Waals surface area (Å²) in [5.41, 5.74) is 8.13. The number of imide groups is 1. The Kier molecular flexibility index (Phi) is 9.66. The lowest BCUT2D eigenvalue weighted by molar-refractivity contribution is -0.154. The van der Waals surface area contributed by atoms with Gasteiger partial charge in [-0.25, -0.2) is 29.4 Å². The average Bonchev–Trinajstić information content (AvgIpc) is 3.70. The second kappa shape index (κ2) is 14.4. The van der Waals surface area contributed by atoms with Crippen LogP contribution in [0.3, 0.4) is 0 Å². The van der Waals surface area contributed by atoms with E-state index in [-0.39, 0.29) is 30.0 Å². The molecule has 2 aromatic heterocycles. The van der Waals surface area contributed by atoms with Crippen LogP contribution in [0.5, 0.6) is 0 Å². The van der Waals surface area contributed by atoms with Crippen LogP contribution >= 0.6 is 0 Å². The Balaban J connectivity index is 1.32. The highest BCUT2D eigenvalue weighted by Gasteiger charge is 2.55. The first-order valence-corrected chi connectivity index (χ1v) is 15.2. The quantitative estimate of drug-likeness (QED) is 0.169. The number of aliphatic carboxylic acids is 1. The number of carbonyl (C=O) groups is 4. The largest absolute Gasteiger partial charge is 0.479 e. The molecule has 5 N–H and O–H groups in total. The van der Waals surface area contributed by atoms with Gasteiger partial charge in [0.05, 0.1) is 12.4 Å². The summed E-state index contributed by atoms with van der Waals surface area (Å²) in [4.78, 5) is 66.2. The molecule has 5 atom stereocenters. The van der Waals surface area contributed by atoms with Crippen LogP contribution in [-0.2, 0) is 32.1 Å². The number of hydrogen-bond donors (Lipinski definition) is 4. The van der Waals surface area contributed by atoms with E-state index in [0.29, 0.717) is 21.6 Å². The Morgan fingerprint density at radius 2 is 1.55 bits per heavy atom. The highest BCUT2D eigenvalue weighted by atomic mass is 16.6. The zero-order valence-corrected chi connectivity index (χ0v) is 25.8. The molecule has 0 bridgehead atoms. The number of imidazole rings is 1. The monoisotopic (exact) mass is 665 g/mol. The highest BCUT2D eigenvalue weighted by Crippen LogP contribution is 2.36. The third-order valence-corrected chi connectivity index (χ3v) is 7.94. The van der Waals surface area contributed by atoms with E-state index in [1.165, 1.54) is 10.9 Å². The van der Waals surface area contributed by atoms with Crippen molar-refractivity contribution < 1.29 is 38.9 Å². The van der Waals surface area contributed by atoms with Crippen LogP contribution in [0.1, 0.15) is 27.7 Å². The molecule has 5 aromatic rings. The Hall–Kier alpha value is -6.03. The predicted molar refractivity (Wildman–Crippen MR) is 173 cm³/mol. The summed E-state index contributed by atoms with van der Waals surface area (Å²) in [6, 6.07) is 22.8. The number of anilines is 1. The second-order valence-corrected chi connectivity index (χ2v) is 11.2. The van der Waals surface area contributed by atoms with E-state index in [4.69, 9.17) is 15.2 Å². The number of ether oxygens (including phenoxy) is 2.